The summed E-state index contributed by atoms with van der Waals surface area (Å²) in [6, 6.07) is 18.3. The van der Waals surface area contributed by atoms with Gasteiger partial charge in [-0.15, -0.1) is 0 Å². The van der Waals surface area contributed by atoms with Crippen molar-refractivity contribution >= 4 is 22.8 Å². The molecule has 1 unspecified atom stereocenters. The first kappa shape index (κ1) is 27.2. The fourth-order valence-corrected chi connectivity index (χ4v) is 6.13. The third-order valence-electron chi connectivity index (χ3n) is 8.40. The molecule has 1 atom stereocenters. The van der Waals surface area contributed by atoms with Gasteiger partial charge in [0.1, 0.15) is 23.6 Å². The van der Waals surface area contributed by atoms with E-state index in [2.05, 4.69) is 36.8 Å². The highest BCUT2D eigenvalue weighted by Crippen LogP contribution is 2.37. The molecular formula is C31H38N8O2. The number of anilines is 1. The van der Waals surface area contributed by atoms with E-state index in [0.717, 1.165) is 79.7 Å². The molecule has 0 radical (unpaired) electrons. The molecule has 214 valence electrons. The van der Waals surface area contributed by atoms with Gasteiger partial charge in [-0.3, -0.25) is 9.69 Å². The van der Waals surface area contributed by atoms with Crippen LogP contribution in [0.4, 0.5) is 5.82 Å². The summed E-state index contributed by atoms with van der Waals surface area (Å²) >= 11 is 0. The first-order valence-electron chi connectivity index (χ1n) is 14.5. The second kappa shape index (κ2) is 11.8. The van der Waals surface area contributed by atoms with Crippen molar-refractivity contribution in [2.24, 2.45) is 0 Å². The average Bonchev–Trinajstić information content (AvgIpc) is 3.39. The van der Waals surface area contributed by atoms with Crippen LogP contribution in [0.2, 0.25) is 0 Å². The Labute approximate surface area is 240 Å². The second-order valence-electron chi connectivity index (χ2n) is 11.2. The number of benzene rings is 2. The lowest BCUT2D eigenvalue weighted by Gasteiger charge is -2.41. The lowest BCUT2D eigenvalue weighted by molar-refractivity contribution is -0.121. The van der Waals surface area contributed by atoms with E-state index >= 15 is 0 Å². The van der Waals surface area contributed by atoms with E-state index in [9.17, 15) is 4.79 Å². The maximum Gasteiger partial charge on any atom is 0.219 e. The van der Waals surface area contributed by atoms with Crippen molar-refractivity contribution in [1.82, 2.24) is 34.9 Å². The molecule has 0 bridgehead atoms. The molecule has 1 saturated carbocycles. The number of rotatable bonds is 7. The average molecular weight is 555 g/mol. The molecule has 0 spiro atoms. The van der Waals surface area contributed by atoms with Crippen molar-refractivity contribution in [3.8, 4) is 17.0 Å². The van der Waals surface area contributed by atoms with Crippen LogP contribution in [-0.2, 0) is 4.79 Å². The Morgan fingerprint density at radius 1 is 0.951 bits per heavy atom. The van der Waals surface area contributed by atoms with Gasteiger partial charge in [0, 0.05) is 50.3 Å². The number of ether oxygens (including phenoxy) is 1. The van der Waals surface area contributed by atoms with E-state index < -0.39 is 6.23 Å². The number of nitrogen functional groups attached to an aromatic ring is 1. The molecule has 2 fully saturated rings. The lowest BCUT2D eigenvalue weighted by atomic mass is 9.90. The lowest BCUT2D eigenvalue weighted by Crippen LogP contribution is -2.49. The highest BCUT2D eigenvalue weighted by atomic mass is 16.5. The Hall–Kier alpha value is -4.02. The third-order valence-corrected chi connectivity index (χ3v) is 8.40. The second-order valence-corrected chi connectivity index (χ2v) is 11.2. The molecule has 1 saturated heterocycles. The van der Waals surface area contributed by atoms with Crippen LogP contribution >= 0.6 is 0 Å². The van der Waals surface area contributed by atoms with E-state index in [-0.39, 0.29) is 11.9 Å². The predicted molar refractivity (Wildman–Crippen MR) is 159 cm³/mol. The van der Waals surface area contributed by atoms with E-state index in [0.29, 0.717) is 17.6 Å². The molecule has 6 rings (SSSR count). The number of nitrogens with zero attached hydrogens (tertiary/aromatic N) is 6. The zero-order valence-corrected chi connectivity index (χ0v) is 23.7. The van der Waals surface area contributed by atoms with Gasteiger partial charge < -0.3 is 20.7 Å². The van der Waals surface area contributed by atoms with Crippen molar-refractivity contribution in [3.63, 3.8) is 0 Å². The SMILES string of the molecule is CC(=O)NC(Oc1ccc(-c2nn(C3CCC(N4CCN(C)CC4)CC3)c3ncnc(N)c23)cc1)c1ccccc1. The number of carbonyl (C=O) groups is 1. The number of aromatic nitrogens is 4. The number of fused-ring (bicyclic) bond motifs is 1. The Bertz CT molecular complexity index is 1470. The van der Waals surface area contributed by atoms with Crippen molar-refractivity contribution in [1.29, 1.82) is 0 Å². The summed E-state index contributed by atoms with van der Waals surface area (Å²) in [5, 5.41) is 8.74. The number of nitrogens with two attached hydrogens (primary N) is 1. The van der Waals surface area contributed by atoms with Gasteiger partial charge in [0.15, 0.2) is 11.9 Å². The minimum atomic E-state index is -0.593. The Morgan fingerprint density at radius 3 is 2.32 bits per heavy atom. The molecule has 41 heavy (non-hydrogen) atoms. The van der Waals surface area contributed by atoms with Gasteiger partial charge in [0.05, 0.1) is 11.4 Å². The fraction of sp³-hybridized carbons (Fsp3) is 0.419. The van der Waals surface area contributed by atoms with Crippen LogP contribution in [-0.4, -0.2) is 74.7 Å². The third kappa shape index (κ3) is 5.89. The van der Waals surface area contributed by atoms with Crippen molar-refractivity contribution in [2.75, 3.05) is 39.0 Å². The summed E-state index contributed by atoms with van der Waals surface area (Å²) < 4.78 is 8.25. The number of hydrogen-bond donors (Lipinski definition) is 2. The standard InChI is InChI=1S/C31H38N8O2/c1-21(40)35-31(23-6-4-3-5-7-23)41-26-14-8-22(9-15-26)28-27-29(32)33-20-34-30(27)39(36-28)25-12-10-24(11-13-25)38-18-16-37(2)17-19-38/h3-9,14-15,20,24-25,31H,10-13,16-19H2,1-2H3,(H,35,40)(H2,32,33,34). The van der Waals surface area contributed by atoms with Crippen LogP contribution < -0.4 is 15.8 Å². The molecule has 10 nitrogen and oxygen atoms in total. The topological polar surface area (TPSA) is 114 Å². The van der Waals surface area contributed by atoms with Gasteiger partial charge in [-0.1, -0.05) is 30.3 Å². The van der Waals surface area contributed by atoms with E-state index in [1.165, 1.54) is 13.3 Å². The molecule has 3 N–H and O–H groups in total. The fourth-order valence-electron chi connectivity index (χ4n) is 6.13. The minimum Gasteiger partial charge on any atom is -0.466 e. The highest BCUT2D eigenvalue weighted by molar-refractivity contribution is 5.98. The molecule has 10 heteroatoms. The number of hydrogen-bond acceptors (Lipinski definition) is 8. The quantitative estimate of drug-likeness (QED) is 0.329. The number of nitrogens with one attached hydrogen (secondary N) is 1. The Balaban J connectivity index is 1.22. The van der Waals surface area contributed by atoms with Crippen LogP contribution in [0.15, 0.2) is 60.9 Å². The molecule has 1 amide bonds. The van der Waals surface area contributed by atoms with Crippen LogP contribution in [0, 0.1) is 0 Å². The van der Waals surface area contributed by atoms with Crippen molar-refractivity contribution < 1.29 is 9.53 Å². The molecule has 2 aromatic carbocycles. The Kier molecular flexibility index (Phi) is 7.84. The smallest absolute Gasteiger partial charge is 0.219 e. The zero-order chi connectivity index (χ0) is 28.3. The summed E-state index contributed by atoms with van der Waals surface area (Å²) in [4.78, 5) is 25.8. The van der Waals surface area contributed by atoms with Crippen LogP contribution in [0.25, 0.3) is 22.3 Å². The van der Waals surface area contributed by atoms with Crippen LogP contribution in [0.1, 0.15) is 50.4 Å². The first-order valence-corrected chi connectivity index (χ1v) is 14.5. The summed E-state index contributed by atoms with van der Waals surface area (Å²) in [6.07, 6.45) is 5.38. The molecule has 2 aromatic heterocycles. The Morgan fingerprint density at radius 2 is 1.63 bits per heavy atom. The number of amides is 1. The summed E-state index contributed by atoms with van der Waals surface area (Å²) in [5.41, 5.74) is 9.72. The van der Waals surface area contributed by atoms with E-state index in [1.54, 1.807) is 0 Å². The number of likely N-dealkylation sites (N-methyl/N-ethyl adjacent to an activating group) is 1. The van der Waals surface area contributed by atoms with Crippen molar-refractivity contribution in [2.45, 2.75) is 50.9 Å². The summed E-state index contributed by atoms with van der Waals surface area (Å²) in [6.45, 7) is 6.08. The molecular weight excluding hydrogens is 516 g/mol. The molecule has 1 aliphatic carbocycles. The molecule has 1 aliphatic heterocycles. The molecule has 4 aromatic rings. The van der Waals surface area contributed by atoms with Gasteiger partial charge in [-0.05, 0) is 57.0 Å². The normalized spacial score (nSPS) is 21.0. The maximum absolute atomic E-state index is 11.8. The maximum atomic E-state index is 11.8. The number of carbonyl (C=O) groups excluding carboxylic acids is 1. The number of piperazine rings is 1. The predicted octanol–water partition coefficient (Wildman–Crippen LogP) is 4.02. The minimum absolute atomic E-state index is 0.166. The van der Waals surface area contributed by atoms with E-state index in [4.69, 9.17) is 15.6 Å². The highest BCUT2D eigenvalue weighted by Gasteiger charge is 2.30. The first-order chi connectivity index (χ1) is 20.0. The van der Waals surface area contributed by atoms with Gasteiger partial charge >= 0.3 is 0 Å². The van der Waals surface area contributed by atoms with Crippen molar-refractivity contribution in [3.05, 3.63) is 66.5 Å². The van der Waals surface area contributed by atoms with Crippen LogP contribution in [0.5, 0.6) is 5.75 Å². The summed E-state index contributed by atoms with van der Waals surface area (Å²) in [5.74, 6) is 0.893. The monoisotopic (exact) mass is 554 g/mol. The largest absolute Gasteiger partial charge is 0.466 e. The molecule has 2 aliphatic rings. The van der Waals surface area contributed by atoms with E-state index in [1.807, 2.05) is 54.6 Å². The zero-order valence-electron chi connectivity index (χ0n) is 23.7. The molecule has 3 heterocycles. The van der Waals surface area contributed by atoms with Crippen LogP contribution in [0.3, 0.4) is 0 Å². The van der Waals surface area contributed by atoms with Gasteiger partial charge in [-0.25, -0.2) is 14.6 Å². The van der Waals surface area contributed by atoms with Gasteiger partial charge in [0.25, 0.3) is 0 Å². The van der Waals surface area contributed by atoms with Gasteiger partial charge in [-0.2, -0.15) is 5.10 Å². The summed E-state index contributed by atoms with van der Waals surface area (Å²) in [7, 11) is 2.20. The van der Waals surface area contributed by atoms with Gasteiger partial charge in [0.2, 0.25) is 5.91 Å².